The highest BCUT2D eigenvalue weighted by Crippen LogP contribution is 2.32. The fourth-order valence-electron chi connectivity index (χ4n) is 3.78. The topological polar surface area (TPSA) is 89.2 Å². The van der Waals surface area contributed by atoms with Crippen molar-refractivity contribution in [1.29, 1.82) is 0 Å². The summed E-state index contributed by atoms with van der Waals surface area (Å²) in [6, 6.07) is 17.9. The van der Waals surface area contributed by atoms with E-state index in [1.54, 1.807) is 0 Å². The van der Waals surface area contributed by atoms with Gasteiger partial charge >= 0.3 is 0 Å². The Kier molecular flexibility index (Phi) is 6.70. The van der Waals surface area contributed by atoms with Crippen molar-refractivity contribution in [2.75, 3.05) is 37.8 Å². The van der Waals surface area contributed by atoms with Crippen LogP contribution in [0.1, 0.15) is 18.1 Å². The van der Waals surface area contributed by atoms with Gasteiger partial charge in [0.25, 0.3) is 0 Å². The predicted molar refractivity (Wildman–Crippen MR) is 135 cm³/mol. The molecule has 33 heavy (non-hydrogen) atoms. The Labute approximate surface area is 194 Å². The van der Waals surface area contributed by atoms with Gasteiger partial charge in [0.2, 0.25) is 5.95 Å². The van der Waals surface area contributed by atoms with Gasteiger partial charge < -0.3 is 20.7 Å². The molecule has 0 fully saturated rings. The van der Waals surface area contributed by atoms with Gasteiger partial charge in [0, 0.05) is 12.2 Å². The van der Waals surface area contributed by atoms with Gasteiger partial charge in [-0.05, 0) is 86.1 Å². The lowest BCUT2D eigenvalue weighted by atomic mass is 9.95. The lowest BCUT2D eigenvalue weighted by Gasteiger charge is -2.14. The maximum atomic E-state index is 6.38. The zero-order valence-electron chi connectivity index (χ0n) is 19.6. The number of anilines is 3. The van der Waals surface area contributed by atoms with Crippen LogP contribution in [-0.4, -0.2) is 46.8 Å². The summed E-state index contributed by atoms with van der Waals surface area (Å²) >= 11 is 0. The van der Waals surface area contributed by atoms with Crippen LogP contribution in [-0.2, 0) is 0 Å². The van der Waals surface area contributed by atoms with Crippen molar-refractivity contribution in [3.05, 3.63) is 65.7 Å². The van der Waals surface area contributed by atoms with Crippen LogP contribution in [0.25, 0.3) is 22.2 Å². The third-order valence-electron chi connectivity index (χ3n) is 5.75. The number of benzene rings is 3. The molecule has 0 saturated heterocycles. The first-order valence-corrected chi connectivity index (χ1v) is 11.1. The normalized spacial score (nSPS) is 11.2. The van der Waals surface area contributed by atoms with Crippen LogP contribution < -0.4 is 15.8 Å². The maximum Gasteiger partial charge on any atom is 0.247 e. The van der Waals surface area contributed by atoms with Crippen LogP contribution >= 0.6 is 0 Å². The Hall–Kier alpha value is -3.71. The molecule has 0 aliphatic heterocycles. The number of aryl methyl sites for hydroxylation is 2. The molecular weight excluding hydrogens is 412 g/mol. The van der Waals surface area contributed by atoms with Crippen molar-refractivity contribution in [2.45, 2.75) is 20.8 Å². The van der Waals surface area contributed by atoms with Crippen LogP contribution in [0.4, 0.5) is 17.3 Å². The summed E-state index contributed by atoms with van der Waals surface area (Å²) in [5.74, 6) is 1.22. The molecule has 0 bridgehead atoms. The molecule has 0 radical (unpaired) electrons. The van der Waals surface area contributed by atoms with Gasteiger partial charge in [-0.1, -0.05) is 25.1 Å². The molecule has 3 N–H and O–H groups in total. The van der Waals surface area contributed by atoms with Crippen molar-refractivity contribution in [2.24, 2.45) is 0 Å². The molecule has 7 heteroatoms. The standard InChI is InChI=1S/C26H30N6O/c1-5-32(4)13-14-33-21-11-9-20(10-12-21)28-26-29-25-22(27)15-19(16-23(25)30-31-26)24-17(2)7-6-8-18(24)3/h6-12,15-16H,5,13-14,27H2,1-4H3,(H,28,29,31). The first-order valence-electron chi connectivity index (χ1n) is 11.1. The molecule has 4 aromatic rings. The number of ether oxygens (including phenoxy) is 1. The second-order valence-corrected chi connectivity index (χ2v) is 8.23. The SMILES string of the molecule is CCN(C)CCOc1ccc(Nc2nnc3cc(-c4c(C)cccc4C)cc(N)c3n2)cc1. The minimum atomic E-state index is 0.396. The van der Waals surface area contributed by atoms with Crippen LogP contribution in [0.5, 0.6) is 5.75 Å². The molecule has 0 aliphatic carbocycles. The third kappa shape index (κ3) is 5.21. The predicted octanol–water partition coefficient (Wildman–Crippen LogP) is 4.96. The van der Waals surface area contributed by atoms with Gasteiger partial charge in [-0.15, -0.1) is 10.2 Å². The summed E-state index contributed by atoms with van der Waals surface area (Å²) in [5, 5.41) is 11.8. The van der Waals surface area contributed by atoms with Gasteiger partial charge in [0.05, 0.1) is 5.69 Å². The number of rotatable bonds is 8. The summed E-state index contributed by atoms with van der Waals surface area (Å²) in [6.45, 7) is 8.86. The second kappa shape index (κ2) is 9.83. The molecule has 7 nitrogen and oxygen atoms in total. The Morgan fingerprint density at radius 3 is 2.42 bits per heavy atom. The quantitative estimate of drug-likeness (QED) is 0.373. The summed E-state index contributed by atoms with van der Waals surface area (Å²) in [5.41, 5.74) is 13.7. The van der Waals surface area contributed by atoms with Crippen LogP contribution in [0.2, 0.25) is 0 Å². The van der Waals surface area contributed by atoms with Crippen molar-refractivity contribution in [3.8, 4) is 16.9 Å². The number of aromatic nitrogens is 3. The minimum absolute atomic E-state index is 0.396. The maximum absolute atomic E-state index is 6.38. The number of nitrogens with one attached hydrogen (secondary N) is 1. The fraction of sp³-hybridized carbons (Fsp3) is 0.269. The average Bonchev–Trinajstić information content (AvgIpc) is 2.80. The van der Waals surface area contributed by atoms with Crippen LogP contribution in [0, 0.1) is 13.8 Å². The van der Waals surface area contributed by atoms with Crippen molar-refractivity contribution in [1.82, 2.24) is 20.1 Å². The zero-order valence-corrected chi connectivity index (χ0v) is 19.6. The first kappa shape index (κ1) is 22.5. The summed E-state index contributed by atoms with van der Waals surface area (Å²) in [6.07, 6.45) is 0. The molecule has 0 unspecified atom stereocenters. The highest BCUT2D eigenvalue weighted by molar-refractivity contribution is 5.92. The summed E-state index contributed by atoms with van der Waals surface area (Å²) < 4.78 is 5.79. The van der Waals surface area contributed by atoms with E-state index >= 15 is 0 Å². The second-order valence-electron chi connectivity index (χ2n) is 8.23. The Morgan fingerprint density at radius 2 is 1.73 bits per heavy atom. The molecule has 0 atom stereocenters. The summed E-state index contributed by atoms with van der Waals surface area (Å²) in [7, 11) is 2.07. The van der Waals surface area contributed by atoms with Crippen molar-refractivity contribution < 1.29 is 4.74 Å². The smallest absolute Gasteiger partial charge is 0.247 e. The summed E-state index contributed by atoms with van der Waals surface area (Å²) in [4.78, 5) is 6.81. The first-order chi connectivity index (χ1) is 15.9. The van der Waals surface area contributed by atoms with Crippen molar-refractivity contribution >= 4 is 28.4 Å². The molecule has 3 aromatic carbocycles. The number of hydrogen-bond acceptors (Lipinski definition) is 7. The lowest BCUT2D eigenvalue weighted by molar-refractivity contribution is 0.244. The zero-order chi connectivity index (χ0) is 23.4. The number of fused-ring (bicyclic) bond motifs is 1. The van der Waals surface area contributed by atoms with E-state index < -0.39 is 0 Å². The molecule has 170 valence electrons. The molecule has 1 aromatic heterocycles. The van der Waals surface area contributed by atoms with Crippen molar-refractivity contribution in [3.63, 3.8) is 0 Å². The lowest BCUT2D eigenvalue weighted by Crippen LogP contribution is -2.23. The number of nitrogen functional groups attached to an aromatic ring is 1. The molecule has 1 heterocycles. The number of nitrogens with zero attached hydrogens (tertiary/aromatic N) is 4. The van der Waals surface area contributed by atoms with E-state index in [0.29, 0.717) is 29.3 Å². The average molecular weight is 443 g/mol. The number of nitrogens with two attached hydrogens (primary N) is 1. The molecule has 0 saturated carbocycles. The highest BCUT2D eigenvalue weighted by Gasteiger charge is 2.12. The molecule has 4 rings (SSSR count). The largest absolute Gasteiger partial charge is 0.492 e. The third-order valence-corrected chi connectivity index (χ3v) is 5.75. The van der Waals surface area contributed by atoms with Gasteiger partial charge in [-0.3, -0.25) is 0 Å². The van der Waals surface area contributed by atoms with E-state index in [0.717, 1.165) is 30.1 Å². The molecule has 0 spiro atoms. The van der Waals surface area contributed by atoms with E-state index in [-0.39, 0.29) is 0 Å². The molecule has 0 aliphatic rings. The molecule has 0 amide bonds. The van der Waals surface area contributed by atoms with Gasteiger partial charge in [0.1, 0.15) is 23.4 Å². The Balaban J connectivity index is 1.51. The monoisotopic (exact) mass is 442 g/mol. The Morgan fingerprint density at radius 1 is 1.00 bits per heavy atom. The van der Waals surface area contributed by atoms with E-state index in [2.05, 4.69) is 71.4 Å². The highest BCUT2D eigenvalue weighted by atomic mass is 16.5. The fourth-order valence-corrected chi connectivity index (χ4v) is 3.78. The van der Waals surface area contributed by atoms with Gasteiger partial charge in [-0.2, -0.15) is 0 Å². The van der Waals surface area contributed by atoms with Gasteiger partial charge in [0.15, 0.2) is 0 Å². The van der Waals surface area contributed by atoms with Gasteiger partial charge in [-0.25, -0.2) is 4.98 Å². The van der Waals surface area contributed by atoms with E-state index in [1.807, 2.05) is 36.4 Å². The van der Waals surface area contributed by atoms with Crippen LogP contribution in [0.15, 0.2) is 54.6 Å². The number of hydrogen-bond donors (Lipinski definition) is 2. The molecular formula is C26H30N6O. The Bertz CT molecular complexity index is 1240. The number of likely N-dealkylation sites (N-methyl/N-ethyl adjacent to an activating group) is 1. The van der Waals surface area contributed by atoms with E-state index in [4.69, 9.17) is 10.5 Å². The van der Waals surface area contributed by atoms with E-state index in [9.17, 15) is 0 Å². The minimum Gasteiger partial charge on any atom is -0.492 e. The van der Waals surface area contributed by atoms with E-state index in [1.165, 1.54) is 16.7 Å². The van der Waals surface area contributed by atoms with Crippen LogP contribution in [0.3, 0.4) is 0 Å².